The number of hydrogen-bond acceptors (Lipinski definition) is 2. The maximum Gasteiger partial charge on any atom is 0.232 e. The largest absolute Gasteiger partial charge is 0.473 e. The highest BCUT2D eigenvalue weighted by atomic mass is 35.5. The molecule has 1 saturated carbocycles. The van der Waals surface area contributed by atoms with E-state index in [1.807, 2.05) is 6.07 Å². The number of halogens is 1. The number of aromatic nitrogens is 1. The first-order chi connectivity index (χ1) is 6.36. The third-order valence-electron chi connectivity index (χ3n) is 2.31. The molecular weight excluding hydrogens is 186 g/mol. The minimum absolute atomic E-state index is 0.326. The highest BCUT2D eigenvalue weighted by Crippen LogP contribution is 2.27. The number of rotatable bonds is 2. The minimum Gasteiger partial charge on any atom is -0.473 e. The topological polar surface area (TPSA) is 22.1 Å². The van der Waals surface area contributed by atoms with Gasteiger partial charge < -0.3 is 4.74 Å². The zero-order valence-electron chi connectivity index (χ0n) is 7.37. The molecule has 0 atom stereocenters. The quantitative estimate of drug-likeness (QED) is 0.727. The van der Waals surface area contributed by atoms with Gasteiger partial charge in [-0.25, -0.2) is 4.98 Å². The molecule has 2 nitrogen and oxygen atoms in total. The van der Waals surface area contributed by atoms with Crippen LogP contribution in [0.5, 0.6) is 5.88 Å². The fraction of sp³-hybridized carbons (Fsp3) is 0.500. The summed E-state index contributed by atoms with van der Waals surface area (Å²) in [7, 11) is 0. The summed E-state index contributed by atoms with van der Waals surface area (Å²) < 4.78 is 5.66. The first-order valence-electron chi connectivity index (χ1n) is 4.63. The SMILES string of the molecule is Clc1cccnc1OC1CCCC1. The maximum absolute atomic E-state index is 5.92. The average Bonchev–Trinajstić information content (AvgIpc) is 2.61. The van der Waals surface area contributed by atoms with Crippen LogP contribution in [-0.2, 0) is 0 Å². The predicted molar refractivity (Wildman–Crippen MR) is 52.1 cm³/mol. The minimum atomic E-state index is 0.326. The molecule has 13 heavy (non-hydrogen) atoms. The second kappa shape index (κ2) is 3.97. The molecule has 0 bridgehead atoms. The van der Waals surface area contributed by atoms with Gasteiger partial charge in [-0.2, -0.15) is 0 Å². The van der Waals surface area contributed by atoms with Crippen LogP contribution in [0.2, 0.25) is 5.02 Å². The smallest absolute Gasteiger partial charge is 0.232 e. The van der Waals surface area contributed by atoms with Crippen LogP contribution in [0.15, 0.2) is 18.3 Å². The Labute approximate surface area is 82.9 Å². The first-order valence-corrected chi connectivity index (χ1v) is 5.01. The summed E-state index contributed by atoms with van der Waals surface area (Å²) in [6.07, 6.45) is 6.81. The molecule has 0 N–H and O–H groups in total. The Morgan fingerprint density at radius 3 is 2.85 bits per heavy atom. The van der Waals surface area contributed by atoms with Gasteiger partial charge >= 0.3 is 0 Å². The molecule has 3 heteroatoms. The van der Waals surface area contributed by atoms with E-state index in [4.69, 9.17) is 16.3 Å². The Kier molecular flexibility index (Phi) is 2.69. The van der Waals surface area contributed by atoms with Gasteiger partial charge in [-0.05, 0) is 37.8 Å². The molecule has 2 rings (SSSR count). The van der Waals surface area contributed by atoms with Gasteiger partial charge in [0.2, 0.25) is 5.88 Å². The third kappa shape index (κ3) is 2.13. The summed E-state index contributed by atoms with van der Waals surface area (Å²) in [4.78, 5) is 4.09. The first kappa shape index (κ1) is 8.82. The van der Waals surface area contributed by atoms with Gasteiger partial charge in [-0.1, -0.05) is 11.6 Å². The van der Waals surface area contributed by atoms with Crippen molar-refractivity contribution in [3.63, 3.8) is 0 Å². The van der Waals surface area contributed by atoms with Crippen molar-refractivity contribution in [3.8, 4) is 5.88 Å². The summed E-state index contributed by atoms with van der Waals surface area (Å²) in [6.45, 7) is 0. The molecule has 0 aromatic carbocycles. The Morgan fingerprint density at radius 2 is 2.15 bits per heavy atom. The third-order valence-corrected chi connectivity index (χ3v) is 2.59. The van der Waals surface area contributed by atoms with Gasteiger partial charge in [0.05, 0.1) is 0 Å². The highest BCUT2D eigenvalue weighted by Gasteiger charge is 2.17. The molecule has 1 aliphatic carbocycles. The number of hydrogen-bond donors (Lipinski definition) is 0. The normalized spacial score (nSPS) is 17.6. The standard InChI is InChI=1S/C10H12ClNO/c11-9-6-3-7-12-10(9)13-8-4-1-2-5-8/h3,6-8H,1-2,4-5H2. The predicted octanol–water partition coefficient (Wildman–Crippen LogP) is 3.06. The van der Waals surface area contributed by atoms with Crippen LogP contribution in [0, 0.1) is 0 Å². The van der Waals surface area contributed by atoms with E-state index >= 15 is 0 Å². The Bertz CT molecular complexity index is 284. The molecule has 0 spiro atoms. The van der Waals surface area contributed by atoms with Crippen molar-refractivity contribution in [1.29, 1.82) is 0 Å². The van der Waals surface area contributed by atoms with E-state index in [2.05, 4.69) is 4.98 Å². The number of ether oxygens (including phenoxy) is 1. The van der Waals surface area contributed by atoms with E-state index < -0.39 is 0 Å². The summed E-state index contributed by atoms with van der Waals surface area (Å²) in [6, 6.07) is 3.61. The molecule has 1 aromatic rings. The van der Waals surface area contributed by atoms with E-state index in [9.17, 15) is 0 Å². The van der Waals surface area contributed by atoms with E-state index in [-0.39, 0.29) is 0 Å². The van der Waals surface area contributed by atoms with E-state index in [0.717, 1.165) is 12.8 Å². The van der Waals surface area contributed by atoms with Crippen molar-refractivity contribution in [2.75, 3.05) is 0 Å². The van der Waals surface area contributed by atoms with E-state index in [1.165, 1.54) is 12.8 Å². The molecular formula is C10H12ClNO. The Balaban J connectivity index is 2.04. The van der Waals surface area contributed by atoms with Crippen molar-refractivity contribution in [2.45, 2.75) is 31.8 Å². The lowest BCUT2D eigenvalue weighted by atomic mass is 10.3. The van der Waals surface area contributed by atoms with Crippen molar-refractivity contribution in [3.05, 3.63) is 23.4 Å². The molecule has 1 heterocycles. The monoisotopic (exact) mass is 197 g/mol. The molecule has 1 aliphatic rings. The fourth-order valence-electron chi connectivity index (χ4n) is 1.62. The lowest BCUT2D eigenvalue weighted by Gasteiger charge is -2.12. The Hall–Kier alpha value is -0.760. The van der Waals surface area contributed by atoms with Crippen LogP contribution in [0.4, 0.5) is 0 Å². The van der Waals surface area contributed by atoms with Gasteiger partial charge in [-0.3, -0.25) is 0 Å². The van der Waals surface area contributed by atoms with Gasteiger partial charge in [-0.15, -0.1) is 0 Å². The van der Waals surface area contributed by atoms with Gasteiger partial charge in [0.1, 0.15) is 11.1 Å². The summed E-state index contributed by atoms with van der Waals surface area (Å²) in [5.74, 6) is 0.580. The lowest BCUT2D eigenvalue weighted by molar-refractivity contribution is 0.201. The van der Waals surface area contributed by atoms with Crippen LogP contribution < -0.4 is 4.74 Å². The number of nitrogens with zero attached hydrogens (tertiary/aromatic N) is 1. The van der Waals surface area contributed by atoms with Crippen molar-refractivity contribution < 1.29 is 4.74 Å². The van der Waals surface area contributed by atoms with Crippen LogP contribution in [0.25, 0.3) is 0 Å². The van der Waals surface area contributed by atoms with Crippen LogP contribution in [0.1, 0.15) is 25.7 Å². The van der Waals surface area contributed by atoms with Crippen LogP contribution in [0.3, 0.4) is 0 Å². The summed E-state index contributed by atoms with van der Waals surface area (Å²) in [5.41, 5.74) is 0. The summed E-state index contributed by atoms with van der Waals surface area (Å²) in [5, 5.41) is 0.606. The molecule has 0 unspecified atom stereocenters. The van der Waals surface area contributed by atoms with Gasteiger partial charge in [0.15, 0.2) is 0 Å². The zero-order valence-corrected chi connectivity index (χ0v) is 8.13. The van der Waals surface area contributed by atoms with Crippen molar-refractivity contribution in [1.82, 2.24) is 4.98 Å². The lowest BCUT2D eigenvalue weighted by Crippen LogP contribution is -2.11. The molecule has 0 saturated heterocycles. The molecule has 1 fully saturated rings. The molecule has 1 aromatic heterocycles. The number of pyridine rings is 1. The molecule has 0 radical (unpaired) electrons. The van der Waals surface area contributed by atoms with Gasteiger partial charge in [0.25, 0.3) is 0 Å². The fourth-order valence-corrected chi connectivity index (χ4v) is 1.79. The molecule has 0 amide bonds. The highest BCUT2D eigenvalue weighted by molar-refractivity contribution is 6.31. The average molecular weight is 198 g/mol. The van der Waals surface area contributed by atoms with E-state index in [0.29, 0.717) is 17.0 Å². The molecule has 0 aliphatic heterocycles. The van der Waals surface area contributed by atoms with Crippen LogP contribution in [-0.4, -0.2) is 11.1 Å². The van der Waals surface area contributed by atoms with E-state index in [1.54, 1.807) is 12.3 Å². The van der Waals surface area contributed by atoms with Crippen molar-refractivity contribution >= 4 is 11.6 Å². The van der Waals surface area contributed by atoms with Crippen molar-refractivity contribution in [2.24, 2.45) is 0 Å². The second-order valence-corrected chi connectivity index (χ2v) is 3.72. The summed E-state index contributed by atoms with van der Waals surface area (Å²) >= 11 is 5.92. The van der Waals surface area contributed by atoms with Gasteiger partial charge in [0, 0.05) is 6.20 Å². The Morgan fingerprint density at radius 1 is 1.38 bits per heavy atom. The molecule has 70 valence electrons. The van der Waals surface area contributed by atoms with Crippen LogP contribution >= 0.6 is 11.6 Å². The second-order valence-electron chi connectivity index (χ2n) is 3.31. The maximum atomic E-state index is 5.92. The zero-order chi connectivity index (χ0) is 9.10.